The van der Waals surface area contributed by atoms with Crippen molar-refractivity contribution in [3.05, 3.63) is 221 Å². The molecule has 2 nitrogen and oxygen atoms in total. The van der Waals surface area contributed by atoms with Crippen LogP contribution in [0, 0.1) is 0 Å². The summed E-state index contributed by atoms with van der Waals surface area (Å²) in [4.78, 5) is 10.9. The number of rotatable bonds is 3. The molecule has 1 aliphatic heterocycles. The zero-order chi connectivity index (χ0) is 40.7. The number of allylic oxidation sites excluding steroid dienone is 3. The van der Waals surface area contributed by atoms with Crippen molar-refractivity contribution in [2.24, 2.45) is 9.98 Å². The van der Waals surface area contributed by atoms with Crippen molar-refractivity contribution in [3.63, 3.8) is 0 Å². The Morgan fingerprint density at radius 3 is 1.47 bits per heavy atom. The number of aliphatic imine (C=N–C) groups is 2. The molecule has 0 saturated heterocycles. The van der Waals surface area contributed by atoms with Crippen LogP contribution in [0.25, 0.3) is 104 Å². The van der Waals surface area contributed by atoms with Gasteiger partial charge in [0.2, 0.25) is 0 Å². The third-order valence-electron chi connectivity index (χ3n) is 13.2. The van der Waals surface area contributed by atoms with Crippen LogP contribution in [0.5, 0.6) is 0 Å². The van der Waals surface area contributed by atoms with E-state index in [4.69, 9.17) is 9.98 Å². The molecule has 0 spiro atoms. The van der Waals surface area contributed by atoms with E-state index >= 15 is 0 Å². The molecule has 288 valence electrons. The van der Waals surface area contributed by atoms with Gasteiger partial charge in [-0.1, -0.05) is 152 Å². The highest BCUT2D eigenvalue weighted by molar-refractivity contribution is 6.20. The lowest BCUT2D eigenvalue weighted by Gasteiger charge is -2.11. The van der Waals surface area contributed by atoms with Crippen LogP contribution < -0.4 is 10.4 Å². The monoisotopic (exact) mass is 786 g/mol. The molecule has 1 aliphatic carbocycles. The first-order chi connectivity index (χ1) is 30.6. The van der Waals surface area contributed by atoms with E-state index in [1.807, 2.05) is 0 Å². The summed E-state index contributed by atoms with van der Waals surface area (Å²) >= 11 is 0. The maximum absolute atomic E-state index is 5.47. The Hall–Kier alpha value is -7.94. The van der Waals surface area contributed by atoms with Crippen LogP contribution in [0.3, 0.4) is 0 Å². The Balaban J connectivity index is 0.957. The summed E-state index contributed by atoms with van der Waals surface area (Å²) < 4.78 is 0. The van der Waals surface area contributed by atoms with Crippen molar-refractivity contribution in [3.8, 4) is 0 Å². The SMILES string of the molecule is C1=CCC=c2cc3c(ccc4cc(C5=NC(c6ccc7c(ccc8cc9ccccc9cc87)c6)=CCC(c6ccc7c(ccc8cc9ccccc9cc87)c6)=N5)ccc43)cc2=C1. The van der Waals surface area contributed by atoms with Crippen molar-refractivity contribution in [1.82, 2.24) is 0 Å². The van der Waals surface area contributed by atoms with Gasteiger partial charge in [-0.05, 0) is 163 Å². The molecule has 0 amide bonds. The third kappa shape index (κ3) is 5.79. The first-order valence-corrected chi connectivity index (χ1v) is 21.6. The average molecular weight is 787 g/mol. The van der Waals surface area contributed by atoms with Crippen molar-refractivity contribution in [2.75, 3.05) is 0 Å². The second-order valence-corrected chi connectivity index (χ2v) is 16.9. The van der Waals surface area contributed by atoms with Gasteiger partial charge < -0.3 is 0 Å². The quantitative estimate of drug-likeness (QED) is 0.126. The first-order valence-electron chi connectivity index (χ1n) is 21.6. The minimum Gasteiger partial charge on any atom is -0.232 e. The van der Waals surface area contributed by atoms with Crippen LogP contribution in [-0.2, 0) is 0 Å². The van der Waals surface area contributed by atoms with Gasteiger partial charge in [-0.3, -0.25) is 0 Å². The van der Waals surface area contributed by atoms with Crippen molar-refractivity contribution in [2.45, 2.75) is 12.8 Å². The summed E-state index contributed by atoms with van der Waals surface area (Å²) in [6.45, 7) is 0. The van der Waals surface area contributed by atoms with Crippen LogP contribution in [-0.4, -0.2) is 11.5 Å². The van der Waals surface area contributed by atoms with E-state index in [1.54, 1.807) is 0 Å². The standard InChI is InChI=1S/C60H38N2/c1-2-8-37-28-48-19-16-45-33-51(22-25-54(45)57(48)34-40(37)9-3-1)60-61-58(49-20-23-52-43(31-49)14-17-46-29-38-10-4-6-12-41(38)35-55(46)52)26-27-59(62-60)50-21-24-53-44(32-50)15-18-47-30-39-11-5-7-13-42(39)36-56(47)53/h1-2,4-26,28-36H,3,27H2. The smallest absolute Gasteiger partial charge is 0.160 e. The van der Waals surface area contributed by atoms with Gasteiger partial charge in [-0.15, -0.1) is 0 Å². The topological polar surface area (TPSA) is 24.7 Å². The van der Waals surface area contributed by atoms with E-state index in [-0.39, 0.29) is 0 Å². The van der Waals surface area contributed by atoms with E-state index < -0.39 is 0 Å². The number of hydrogen-bond donors (Lipinski definition) is 0. The number of benzene rings is 11. The van der Waals surface area contributed by atoms with Gasteiger partial charge in [0.1, 0.15) is 0 Å². The molecule has 0 radical (unpaired) electrons. The lowest BCUT2D eigenvalue weighted by Crippen LogP contribution is -2.23. The minimum atomic E-state index is 0.652. The van der Waals surface area contributed by atoms with Gasteiger partial charge in [-0.2, -0.15) is 0 Å². The van der Waals surface area contributed by atoms with Crippen LogP contribution in [0.15, 0.2) is 204 Å². The number of fused-ring (bicyclic) bond motifs is 12. The second kappa shape index (κ2) is 13.8. The number of hydrogen-bond acceptors (Lipinski definition) is 2. The molecule has 11 aromatic carbocycles. The van der Waals surface area contributed by atoms with E-state index in [0.29, 0.717) is 6.42 Å². The summed E-state index contributed by atoms with van der Waals surface area (Å²) in [6.07, 6.45) is 12.8. The minimum absolute atomic E-state index is 0.652. The molecule has 0 saturated carbocycles. The molecule has 0 fully saturated rings. The van der Waals surface area contributed by atoms with Crippen LogP contribution in [0.2, 0.25) is 0 Å². The largest absolute Gasteiger partial charge is 0.232 e. The van der Waals surface area contributed by atoms with Crippen molar-refractivity contribution in [1.29, 1.82) is 0 Å². The van der Waals surface area contributed by atoms with Gasteiger partial charge in [0.05, 0.1) is 11.4 Å². The molecule has 0 atom stereocenters. The lowest BCUT2D eigenvalue weighted by molar-refractivity contribution is 1.43. The lowest BCUT2D eigenvalue weighted by atomic mass is 9.95. The molecular formula is C60H38N2. The third-order valence-corrected chi connectivity index (χ3v) is 13.2. The molecule has 0 N–H and O–H groups in total. The zero-order valence-corrected chi connectivity index (χ0v) is 33.9. The predicted molar refractivity (Wildman–Crippen MR) is 267 cm³/mol. The summed E-state index contributed by atoms with van der Waals surface area (Å²) in [5.74, 6) is 0.719. The van der Waals surface area contributed by atoms with Gasteiger partial charge in [0, 0.05) is 17.5 Å². The Morgan fingerprint density at radius 2 is 0.839 bits per heavy atom. The van der Waals surface area contributed by atoms with Crippen LogP contribution in [0.1, 0.15) is 29.5 Å². The Morgan fingerprint density at radius 1 is 0.339 bits per heavy atom. The van der Waals surface area contributed by atoms with Gasteiger partial charge in [0.15, 0.2) is 5.84 Å². The molecule has 2 aliphatic rings. The fraction of sp³-hybridized carbons (Fsp3) is 0.0333. The van der Waals surface area contributed by atoms with Gasteiger partial charge >= 0.3 is 0 Å². The molecule has 1 heterocycles. The summed E-state index contributed by atoms with van der Waals surface area (Å²) in [5.41, 5.74) is 5.12. The summed E-state index contributed by atoms with van der Waals surface area (Å²) in [7, 11) is 0. The molecule has 0 aromatic heterocycles. The van der Waals surface area contributed by atoms with Crippen LogP contribution in [0.4, 0.5) is 0 Å². The maximum atomic E-state index is 5.47. The fourth-order valence-corrected chi connectivity index (χ4v) is 9.95. The maximum Gasteiger partial charge on any atom is 0.160 e. The predicted octanol–water partition coefficient (Wildman–Crippen LogP) is 14.1. The molecule has 0 unspecified atom stereocenters. The molecule has 13 rings (SSSR count). The Bertz CT molecular complexity index is 4030. The van der Waals surface area contributed by atoms with E-state index in [1.165, 1.54) is 96.6 Å². The second-order valence-electron chi connectivity index (χ2n) is 16.9. The number of nitrogens with zero attached hydrogens (tertiary/aromatic N) is 2. The summed E-state index contributed by atoms with van der Waals surface area (Å²) in [5, 5.41) is 22.4. The first kappa shape index (κ1) is 34.9. The molecule has 11 aromatic rings. The normalized spacial score (nSPS) is 14.2. The number of amidine groups is 1. The summed E-state index contributed by atoms with van der Waals surface area (Å²) in [6, 6.07) is 65.0. The zero-order valence-electron chi connectivity index (χ0n) is 33.9. The van der Waals surface area contributed by atoms with Crippen LogP contribution >= 0.6 is 0 Å². The highest BCUT2D eigenvalue weighted by Gasteiger charge is 2.17. The van der Waals surface area contributed by atoms with E-state index in [2.05, 4.69) is 206 Å². The average Bonchev–Trinajstić information content (AvgIpc) is 3.70. The molecule has 62 heavy (non-hydrogen) atoms. The van der Waals surface area contributed by atoms with Gasteiger partial charge in [-0.25, -0.2) is 9.98 Å². The molecular weight excluding hydrogens is 749 g/mol. The van der Waals surface area contributed by atoms with Crippen molar-refractivity contribution >= 4 is 116 Å². The molecule has 0 bridgehead atoms. The highest BCUT2D eigenvalue weighted by Crippen LogP contribution is 2.35. The molecule has 2 heteroatoms. The van der Waals surface area contributed by atoms with E-state index in [0.717, 1.165) is 40.4 Å². The van der Waals surface area contributed by atoms with Crippen molar-refractivity contribution < 1.29 is 0 Å². The Labute approximate surface area is 358 Å². The van der Waals surface area contributed by atoms with E-state index in [9.17, 15) is 0 Å². The van der Waals surface area contributed by atoms with Gasteiger partial charge in [0.25, 0.3) is 0 Å². The fourth-order valence-electron chi connectivity index (χ4n) is 9.95. The highest BCUT2D eigenvalue weighted by atomic mass is 14.9. The Kier molecular flexibility index (Phi) is 7.77.